The van der Waals surface area contributed by atoms with E-state index in [4.69, 9.17) is 4.74 Å². The molecular weight excluding hydrogens is 402 g/mol. The molecule has 0 fully saturated rings. The standard InChI is InChI=1S/C22H23N3O4S/c1-4-24(15-9-6-5-7-10-15)20(26)14(3)29-22(28)18-13(2)17-19(30-18)23-16-11-8-12-25(16)21(17)27/h5-7,9-10,14H,4,8,11-12H2,1-3H3/t14-/m0/s1. The Morgan fingerprint density at radius 2 is 2.03 bits per heavy atom. The SMILES string of the molecule is CCN(C(=O)[C@H](C)OC(=O)c1sc2nc3n(c(=O)c2c1C)CCC3)c1ccccc1. The second kappa shape index (κ2) is 8.02. The van der Waals surface area contributed by atoms with Gasteiger partial charge < -0.3 is 9.64 Å². The fraction of sp³-hybridized carbons (Fsp3) is 0.364. The Morgan fingerprint density at radius 3 is 2.73 bits per heavy atom. The third kappa shape index (κ3) is 3.41. The molecule has 0 aliphatic carbocycles. The minimum absolute atomic E-state index is 0.106. The van der Waals surface area contributed by atoms with E-state index in [1.807, 2.05) is 37.3 Å². The summed E-state index contributed by atoms with van der Waals surface area (Å²) in [6.07, 6.45) is 0.712. The first-order chi connectivity index (χ1) is 14.4. The number of carbonyl (C=O) groups is 2. The number of esters is 1. The average Bonchev–Trinajstić information content (AvgIpc) is 3.34. The Kier molecular flexibility index (Phi) is 5.42. The Bertz CT molecular complexity index is 1180. The molecule has 0 N–H and O–H groups in total. The van der Waals surface area contributed by atoms with Crippen molar-refractivity contribution in [2.24, 2.45) is 0 Å². The van der Waals surface area contributed by atoms with Gasteiger partial charge in [0.05, 0.1) is 5.39 Å². The van der Waals surface area contributed by atoms with Crippen molar-refractivity contribution in [1.29, 1.82) is 0 Å². The zero-order chi connectivity index (χ0) is 21.4. The van der Waals surface area contributed by atoms with Crippen LogP contribution in [0.1, 0.15) is 41.3 Å². The number of amides is 1. The van der Waals surface area contributed by atoms with E-state index in [0.717, 1.165) is 35.7 Å². The summed E-state index contributed by atoms with van der Waals surface area (Å²) >= 11 is 1.15. The zero-order valence-corrected chi connectivity index (χ0v) is 18.0. The number of ether oxygens (including phenoxy) is 1. The number of para-hydroxylation sites is 1. The fourth-order valence-electron chi connectivity index (χ4n) is 3.83. The predicted octanol–water partition coefficient (Wildman–Crippen LogP) is 3.31. The Hall–Kier alpha value is -3.00. The number of benzene rings is 1. The van der Waals surface area contributed by atoms with Crippen LogP contribution < -0.4 is 10.5 Å². The predicted molar refractivity (Wildman–Crippen MR) is 116 cm³/mol. The molecule has 3 aromatic rings. The average molecular weight is 426 g/mol. The van der Waals surface area contributed by atoms with Crippen molar-refractivity contribution >= 4 is 39.1 Å². The van der Waals surface area contributed by atoms with Crippen molar-refractivity contribution < 1.29 is 14.3 Å². The van der Waals surface area contributed by atoms with Gasteiger partial charge in [0.15, 0.2) is 6.10 Å². The van der Waals surface area contributed by atoms with E-state index < -0.39 is 12.1 Å². The van der Waals surface area contributed by atoms with Crippen LogP contribution in [-0.4, -0.2) is 34.1 Å². The highest BCUT2D eigenvalue weighted by Gasteiger charge is 2.28. The maximum absolute atomic E-state index is 12.9. The maximum Gasteiger partial charge on any atom is 0.349 e. The van der Waals surface area contributed by atoms with E-state index in [2.05, 4.69) is 4.98 Å². The van der Waals surface area contributed by atoms with E-state index in [1.54, 1.807) is 23.3 Å². The zero-order valence-electron chi connectivity index (χ0n) is 17.2. The number of hydrogen-bond acceptors (Lipinski definition) is 6. The highest BCUT2D eigenvalue weighted by Crippen LogP contribution is 2.29. The van der Waals surface area contributed by atoms with Crippen LogP contribution in [-0.2, 0) is 22.5 Å². The van der Waals surface area contributed by atoms with Crippen LogP contribution in [0.3, 0.4) is 0 Å². The lowest BCUT2D eigenvalue weighted by molar-refractivity contribution is -0.126. The number of fused-ring (bicyclic) bond motifs is 2. The summed E-state index contributed by atoms with van der Waals surface area (Å²) in [6.45, 7) is 6.28. The van der Waals surface area contributed by atoms with Crippen molar-refractivity contribution in [3.63, 3.8) is 0 Å². The van der Waals surface area contributed by atoms with Gasteiger partial charge in [-0.2, -0.15) is 0 Å². The fourth-order valence-corrected chi connectivity index (χ4v) is 4.90. The number of nitrogens with zero attached hydrogens (tertiary/aromatic N) is 3. The first kappa shape index (κ1) is 20.3. The molecule has 0 radical (unpaired) electrons. The van der Waals surface area contributed by atoms with Crippen LogP contribution in [0.25, 0.3) is 10.2 Å². The van der Waals surface area contributed by atoms with Gasteiger partial charge in [-0.1, -0.05) is 18.2 Å². The molecule has 0 spiro atoms. The lowest BCUT2D eigenvalue weighted by Gasteiger charge is -2.24. The van der Waals surface area contributed by atoms with E-state index >= 15 is 0 Å². The number of carbonyl (C=O) groups excluding carboxylic acids is 2. The molecule has 0 saturated heterocycles. The molecule has 7 nitrogen and oxygen atoms in total. The Labute approximate surface area is 177 Å². The van der Waals surface area contributed by atoms with E-state index in [-0.39, 0.29) is 11.5 Å². The summed E-state index contributed by atoms with van der Waals surface area (Å²) < 4.78 is 7.18. The second-order valence-corrected chi connectivity index (χ2v) is 8.29. The molecule has 1 aromatic carbocycles. The van der Waals surface area contributed by atoms with Crippen LogP contribution in [0, 0.1) is 6.92 Å². The molecular formula is C22H23N3O4S. The first-order valence-corrected chi connectivity index (χ1v) is 10.8. The summed E-state index contributed by atoms with van der Waals surface area (Å²) in [7, 11) is 0. The van der Waals surface area contributed by atoms with Crippen LogP contribution in [0.5, 0.6) is 0 Å². The maximum atomic E-state index is 12.9. The van der Waals surface area contributed by atoms with Crippen molar-refractivity contribution in [2.45, 2.75) is 46.3 Å². The van der Waals surface area contributed by atoms with Gasteiger partial charge in [-0.05, 0) is 44.9 Å². The summed E-state index contributed by atoms with van der Waals surface area (Å²) in [4.78, 5) is 45.6. The number of aryl methyl sites for hydroxylation is 2. The molecule has 1 amide bonds. The minimum Gasteiger partial charge on any atom is -0.448 e. The summed E-state index contributed by atoms with van der Waals surface area (Å²) in [5, 5.41) is 0.469. The molecule has 0 unspecified atom stereocenters. The second-order valence-electron chi connectivity index (χ2n) is 7.29. The highest BCUT2D eigenvalue weighted by molar-refractivity contribution is 7.20. The lowest BCUT2D eigenvalue weighted by Crippen LogP contribution is -2.40. The molecule has 3 heterocycles. The minimum atomic E-state index is -0.957. The third-order valence-electron chi connectivity index (χ3n) is 5.38. The molecule has 30 heavy (non-hydrogen) atoms. The number of aromatic nitrogens is 2. The topological polar surface area (TPSA) is 81.5 Å². The van der Waals surface area contributed by atoms with Gasteiger partial charge in [0.25, 0.3) is 11.5 Å². The Balaban J connectivity index is 1.58. The first-order valence-electron chi connectivity index (χ1n) is 10.0. The van der Waals surface area contributed by atoms with Crippen molar-refractivity contribution in [3.8, 4) is 0 Å². The highest BCUT2D eigenvalue weighted by atomic mass is 32.1. The van der Waals surface area contributed by atoms with Gasteiger partial charge in [-0.3, -0.25) is 14.2 Å². The van der Waals surface area contributed by atoms with Gasteiger partial charge in [-0.15, -0.1) is 11.3 Å². The number of hydrogen-bond donors (Lipinski definition) is 0. The van der Waals surface area contributed by atoms with Gasteiger partial charge in [-0.25, -0.2) is 9.78 Å². The molecule has 1 aliphatic heterocycles. The van der Waals surface area contributed by atoms with E-state index in [9.17, 15) is 14.4 Å². The molecule has 0 bridgehead atoms. The largest absolute Gasteiger partial charge is 0.448 e. The summed E-state index contributed by atoms with van der Waals surface area (Å²) in [6, 6.07) is 9.26. The number of rotatable bonds is 5. The third-order valence-corrected chi connectivity index (χ3v) is 6.54. The molecule has 156 valence electrons. The normalized spacial score (nSPS) is 13.8. The Morgan fingerprint density at radius 1 is 1.30 bits per heavy atom. The van der Waals surface area contributed by atoms with Crippen LogP contribution in [0.15, 0.2) is 35.1 Å². The van der Waals surface area contributed by atoms with Crippen molar-refractivity contribution in [1.82, 2.24) is 9.55 Å². The van der Waals surface area contributed by atoms with Gasteiger partial charge in [0.1, 0.15) is 15.5 Å². The number of likely N-dealkylation sites (N-methyl/N-ethyl adjacent to an activating group) is 1. The van der Waals surface area contributed by atoms with Gasteiger partial charge >= 0.3 is 5.97 Å². The van der Waals surface area contributed by atoms with Crippen LogP contribution in [0.4, 0.5) is 5.69 Å². The van der Waals surface area contributed by atoms with Crippen molar-refractivity contribution in [3.05, 3.63) is 57.0 Å². The monoisotopic (exact) mass is 425 g/mol. The molecule has 8 heteroatoms. The van der Waals surface area contributed by atoms with Crippen LogP contribution in [0.2, 0.25) is 0 Å². The quantitative estimate of drug-likeness (QED) is 0.586. The smallest absolute Gasteiger partial charge is 0.349 e. The van der Waals surface area contributed by atoms with Gasteiger partial charge in [0.2, 0.25) is 0 Å². The lowest BCUT2D eigenvalue weighted by atomic mass is 10.2. The van der Waals surface area contributed by atoms with E-state index in [1.165, 1.54) is 0 Å². The summed E-state index contributed by atoms with van der Waals surface area (Å²) in [5.74, 6) is -0.142. The summed E-state index contributed by atoms with van der Waals surface area (Å²) in [5.41, 5.74) is 1.21. The van der Waals surface area contributed by atoms with Gasteiger partial charge in [0, 0.05) is 25.2 Å². The molecule has 0 saturated carbocycles. The van der Waals surface area contributed by atoms with Crippen LogP contribution >= 0.6 is 11.3 Å². The molecule has 4 rings (SSSR count). The molecule has 2 aromatic heterocycles. The number of thiophene rings is 1. The molecule has 1 atom stereocenters. The molecule has 1 aliphatic rings. The van der Waals surface area contributed by atoms with E-state index in [0.29, 0.717) is 33.7 Å². The van der Waals surface area contributed by atoms with Crippen molar-refractivity contribution in [2.75, 3.05) is 11.4 Å². The number of anilines is 1.